The van der Waals surface area contributed by atoms with E-state index in [1.165, 1.54) is 5.57 Å². The minimum absolute atomic E-state index is 0.198. The topological polar surface area (TPSA) is 64.3 Å². The molecule has 1 aromatic carbocycles. The van der Waals surface area contributed by atoms with Crippen LogP contribution in [0.1, 0.15) is 18.9 Å². The van der Waals surface area contributed by atoms with Crippen LogP contribution in [0.2, 0.25) is 5.15 Å². The molecule has 0 bridgehead atoms. The number of anilines is 2. The van der Waals surface area contributed by atoms with Crippen LogP contribution in [-0.4, -0.2) is 29.7 Å². The average Bonchev–Trinajstić information content (AvgIpc) is 2.55. The predicted molar refractivity (Wildman–Crippen MR) is 93.9 cm³/mol. The van der Waals surface area contributed by atoms with E-state index in [2.05, 4.69) is 27.0 Å². The molecule has 0 amide bonds. The van der Waals surface area contributed by atoms with Crippen molar-refractivity contribution in [2.45, 2.75) is 13.3 Å². The number of aromatic nitrogens is 2. The van der Waals surface area contributed by atoms with Gasteiger partial charge in [-0.3, -0.25) is 0 Å². The first kappa shape index (κ1) is 15.6. The van der Waals surface area contributed by atoms with Gasteiger partial charge in [0.15, 0.2) is 0 Å². The van der Waals surface area contributed by atoms with E-state index in [9.17, 15) is 0 Å². The van der Waals surface area contributed by atoms with Gasteiger partial charge in [-0.25, -0.2) is 4.98 Å². The highest BCUT2D eigenvalue weighted by atomic mass is 35.5. The molecule has 2 aromatic rings. The zero-order valence-corrected chi connectivity index (χ0v) is 13.8. The zero-order chi connectivity index (χ0) is 16.2. The normalized spacial score (nSPS) is 14.5. The number of ether oxygens (including phenoxy) is 1. The maximum atomic E-state index is 5.96. The molecule has 6 heteroatoms. The smallest absolute Gasteiger partial charge is 0.223 e. The molecule has 0 aliphatic carbocycles. The summed E-state index contributed by atoms with van der Waals surface area (Å²) < 4.78 is 5.72. The molecule has 5 nitrogen and oxygen atoms in total. The summed E-state index contributed by atoms with van der Waals surface area (Å²) in [5.74, 6) is 1.89. The molecule has 2 heterocycles. The Bertz CT molecular complexity index is 712. The highest BCUT2D eigenvalue weighted by Crippen LogP contribution is 2.31. The third kappa shape index (κ3) is 3.56. The Morgan fingerprint density at radius 2 is 2.13 bits per heavy atom. The second kappa shape index (κ2) is 6.87. The van der Waals surface area contributed by atoms with Crippen LogP contribution in [0.15, 0.2) is 36.4 Å². The van der Waals surface area contributed by atoms with Gasteiger partial charge in [-0.15, -0.1) is 0 Å². The number of nitrogens with two attached hydrogens (primary N) is 1. The van der Waals surface area contributed by atoms with Gasteiger partial charge in [0.1, 0.15) is 16.7 Å². The van der Waals surface area contributed by atoms with Crippen molar-refractivity contribution in [2.75, 3.05) is 30.3 Å². The molecule has 0 saturated heterocycles. The van der Waals surface area contributed by atoms with Gasteiger partial charge in [0.2, 0.25) is 5.95 Å². The first-order chi connectivity index (χ1) is 11.2. The van der Waals surface area contributed by atoms with Gasteiger partial charge < -0.3 is 15.4 Å². The number of halogens is 1. The lowest BCUT2D eigenvalue weighted by molar-refractivity contribution is 0.339. The van der Waals surface area contributed by atoms with Crippen molar-refractivity contribution < 1.29 is 4.74 Å². The minimum atomic E-state index is 0.198. The van der Waals surface area contributed by atoms with Crippen LogP contribution in [0.5, 0.6) is 5.75 Å². The monoisotopic (exact) mass is 330 g/mol. The van der Waals surface area contributed by atoms with E-state index in [4.69, 9.17) is 22.1 Å². The van der Waals surface area contributed by atoms with Crippen LogP contribution in [-0.2, 0) is 0 Å². The Kier molecular flexibility index (Phi) is 4.67. The molecule has 1 aliphatic heterocycles. The SMILES string of the molecule is CCOc1ccccc1C1=CCN(c2cc(Cl)nc(N)n2)CC1. The summed E-state index contributed by atoms with van der Waals surface area (Å²) >= 11 is 5.96. The molecule has 23 heavy (non-hydrogen) atoms. The second-order valence-corrected chi connectivity index (χ2v) is 5.65. The highest BCUT2D eigenvalue weighted by molar-refractivity contribution is 6.29. The molecule has 1 aliphatic rings. The van der Waals surface area contributed by atoms with Crippen LogP contribution in [0.4, 0.5) is 11.8 Å². The maximum absolute atomic E-state index is 5.96. The van der Waals surface area contributed by atoms with Gasteiger partial charge in [-0.05, 0) is 25.0 Å². The lowest BCUT2D eigenvalue weighted by Gasteiger charge is -2.28. The molecule has 3 rings (SSSR count). The fraction of sp³-hybridized carbons (Fsp3) is 0.294. The molecule has 1 aromatic heterocycles. The molecular formula is C17H19ClN4O. The van der Waals surface area contributed by atoms with E-state index >= 15 is 0 Å². The van der Waals surface area contributed by atoms with Crippen molar-refractivity contribution >= 4 is 28.9 Å². The van der Waals surface area contributed by atoms with Crippen molar-refractivity contribution in [3.8, 4) is 5.75 Å². The van der Waals surface area contributed by atoms with Crippen molar-refractivity contribution in [3.05, 3.63) is 47.1 Å². The Morgan fingerprint density at radius 3 is 2.83 bits per heavy atom. The van der Waals surface area contributed by atoms with E-state index in [-0.39, 0.29) is 5.95 Å². The molecule has 120 valence electrons. The van der Waals surface area contributed by atoms with Crippen LogP contribution >= 0.6 is 11.6 Å². The van der Waals surface area contributed by atoms with Crippen LogP contribution in [0.3, 0.4) is 0 Å². The van der Waals surface area contributed by atoms with Gasteiger partial charge in [-0.2, -0.15) is 4.98 Å². The largest absolute Gasteiger partial charge is 0.493 e. The zero-order valence-electron chi connectivity index (χ0n) is 13.0. The number of rotatable bonds is 4. The van der Waals surface area contributed by atoms with Crippen LogP contribution in [0.25, 0.3) is 5.57 Å². The predicted octanol–water partition coefficient (Wildman–Crippen LogP) is 3.40. The van der Waals surface area contributed by atoms with Crippen molar-refractivity contribution in [1.29, 1.82) is 0 Å². The molecular weight excluding hydrogens is 312 g/mol. The third-order valence-corrected chi connectivity index (χ3v) is 3.96. The Morgan fingerprint density at radius 1 is 1.30 bits per heavy atom. The summed E-state index contributed by atoms with van der Waals surface area (Å²) in [5, 5.41) is 0.365. The molecule has 0 spiro atoms. The lowest BCUT2D eigenvalue weighted by atomic mass is 9.98. The number of benzene rings is 1. The van der Waals surface area contributed by atoms with Crippen molar-refractivity contribution in [2.24, 2.45) is 0 Å². The molecule has 0 unspecified atom stereocenters. The van der Waals surface area contributed by atoms with Gasteiger partial charge in [0.05, 0.1) is 6.61 Å². The summed E-state index contributed by atoms with van der Waals surface area (Å²) in [5.41, 5.74) is 8.12. The third-order valence-electron chi connectivity index (χ3n) is 3.76. The number of para-hydroxylation sites is 1. The second-order valence-electron chi connectivity index (χ2n) is 5.26. The van der Waals surface area contributed by atoms with Gasteiger partial charge in [0.25, 0.3) is 0 Å². The first-order valence-corrected chi connectivity index (χ1v) is 8.01. The van der Waals surface area contributed by atoms with Gasteiger partial charge >= 0.3 is 0 Å². The fourth-order valence-corrected chi connectivity index (χ4v) is 2.90. The number of nitrogens with zero attached hydrogens (tertiary/aromatic N) is 3. The van der Waals surface area contributed by atoms with E-state index in [0.29, 0.717) is 11.8 Å². The number of hydrogen-bond donors (Lipinski definition) is 1. The summed E-state index contributed by atoms with van der Waals surface area (Å²) in [6, 6.07) is 9.89. The summed E-state index contributed by atoms with van der Waals surface area (Å²) in [7, 11) is 0. The molecule has 2 N–H and O–H groups in total. The molecule has 0 radical (unpaired) electrons. The number of nitrogen functional groups attached to an aromatic ring is 1. The Labute approximate surface area is 140 Å². The van der Waals surface area contributed by atoms with Gasteiger partial charge in [0, 0.05) is 24.7 Å². The molecule has 0 fully saturated rings. The van der Waals surface area contributed by atoms with Crippen LogP contribution < -0.4 is 15.4 Å². The molecule has 0 atom stereocenters. The first-order valence-electron chi connectivity index (χ1n) is 7.63. The van der Waals surface area contributed by atoms with Crippen molar-refractivity contribution in [1.82, 2.24) is 9.97 Å². The van der Waals surface area contributed by atoms with E-state index in [1.807, 2.05) is 25.1 Å². The lowest BCUT2D eigenvalue weighted by Crippen LogP contribution is -2.29. The molecule has 0 saturated carbocycles. The number of hydrogen-bond acceptors (Lipinski definition) is 5. The van der Waals surface area contributed by atoms with Crippen LogP contribution in [0, 0.1) is 0 Å². The van der Waals surface area contributed by atoms with Crippen molar-refractivity contribution in [3.63, 3.8) is 0 Å². The minimum Gasteiger partial charge on any atom is -0.493 e. The van der Waals surface area contributed by atoms with E-state index in [0.717, 1.165) is 36.6 Å². The highest BCUT2D eigenvalue weighted by Gasteiger charge is 2.17. The Hall–Kier alpha value is -2.27. The fourth-order valence-electron chi connectivity index (χ4n) is 2.72. The Balaban J connectivity index is 1.81. The van der Waals surface area contributed by atoms with E-state index < -0.39 is 0 Å². The van der Waals surface area contributed by atoms with Gasteiger partial charge in [-0.1, -0.05) is 35.9 Å². The standard InChI is InChI=1S/C17H19ClN4O/c1-2-23-14-6-4-3-5-13(14)12-7-9-22(10-8-12)16-11-15(18)20-17(19)21-16/h3-7,11H,2,8-10H2,1H3,(H2,19,20,21). The maximum Gasteiger partial charge on any atom is 0.223 e. The summed E-state index contributed by atoms with van der Waals surface area (Å²) in [4.78, 5) is 10.3. The quantitative estimate of drug-likeness (QED) is 0.870. The summed E-state index contributed by atoms with van der Waals surface area (Å²) in [6.45, 7) is 4.26. The van der Waals surface area contributed by atoms with E-state index in [1.54, 1.807) is 6.07 Å². The average molecular weight is 331 g/mol. The summed E-state index contributed by atoms with van der Waals surface area (Å²) in [6.07, 6.45) is 3.11.